The van der Waals surface area contributed by atoms with Crippen molar-refractivity contribution in [2.45, 2.75) is 5.51 Å². The van der Waals surface area contributed by atoms with E-state index in [2.05, 4.69) is 157 Å². The number of aliphatic imine (C=N–C) groups is 1. The molecule has 0 amide bonds. The monoisotopic (exact) mass is 665 g/mol. The number of benzene rings is 6. The Morgan fingerprint density at radius 1 is 0.521 bits per heavy atom. The van der Waals surface area contributed by atoms with Gasteiger partial charge in [-0.2, -0.15) is 22.6 Å². The summed E-state index contributed by atoms with van der Waals surface area (Å²) in [4.78, 5) is 7.81. The molecule has 242 valence electrons. The van der Waals surface area contributed by atoms with E-state index in [0.717, 1.165) is 40.1 Å². The zero-order valence-corrected chi connectivity index (χ0v) is 26.2. The lowest BCUT2D eigenvalue weighted by molar-refractivity contribution is -0.0517. The predicted molar refractivity (Wildman–Crippen MR) is 185 cm³/mol. The van der Waals surface area contributed by atoms with E-state index in [1.54, 1.807) is 0 Å². The molecule has 6 nitrogen and oxygen atoms in total. The van der Waals surface area contributed by atoms with Gasteiger partial charge in [0.05, 0.1) is 17.1 Å². The number of hydrogen-bond acceptors (Lipinski definition) is 4. The quantitative estimate of drug-likeness (QED) is 0.0584. The van der Waals surface area contributed by atoms with Crippen LogP contribution in [0.5, 0.6) is 0 Å². The normalized spacial score (nSPS) is 12.0. The Kier molecular flexibility index (Phi) is 10.5. The van der Waals surface area contributed by atoms with Crippen LogP contribution in [-0.4, -0.2) is 24.4 Å². The number of nitrogens with zero attached hydrogens (tertiary/aromatic N) is 3. The first kappa shape index (κ1) is 33.8. The van der Waals surface area contributed by atoms with E-state index >= 15 is 0 Å². The van der Waals surface area contributed by atoms with Gasteiger partial charge in [-0.05, 0) is 36.4 Å². The molecule has 0 unspecified atom stereocenters. The number of halogens is 3. The third-order valence-corrected chi connectivity index (χ3v) is 7.79. The second-order valence-electron chi connectivity index (χ2n) is 10.3. The van der Waals surface area contributed by atoms with Crippen LogP contribution in [0.4, 0.5) is 47.3 Å². The minimum absolute atomic E-state index is 0.265. The lowest BCUT2D eigenvalue weighted by atomic mass is 10.1. The van der Waals surface area contributed by atoms with Gasteiger partial charge in [0.15, 0.2) is 27.2 Å². The van der Waals surface area contributed by atoms with Gasteiger partial charge < -0.3 is 4.55 Å². The molecule has 0 aliphatic heterocycles. The summed E-state index contributed by atoms with van der Waals surface area (Å²) in [6.07, 6.45) is 0. The highest BCUT2D eigenvalue weighted by Gasteiger charge is 2.46. The molecule has 0 fully saturated rings. The van der Waals surface area contributed by atoms with Gasteiger partial charge >= 0.3 is 11.5 Å². The van der Waals surface area contributed by atoms with Gasteiger partial charge in [-0.3, -0.25) is 0 Å². The van der Waals surface area contributed by atoms with Crippen molar-refractivity contribution in [2.75, 3.05) is 4.90 Å². The third-order valence-electron chi connectivity index (χ3n) is 7.23. The minimum Gasteiger partial charge on any atom is -0.741 e. The molecule has 0 radical (unpaired) electrons. The van der Waals surface area contributed by atoms with Crippen molar-refractivity contribution in [3.8, 4) is 0 Å². The molecule has 0 spiro atoms. The van der Waals surface area contributed by atoms with Crippen molar-refractivity contribution < 1.29 is 26.1 Å². The van der Waals surface area contributed by atoms with E-state index in [4.69, 9.17) is 18.0 Å². The maximum absolute atomic E-state index is 10.7. The molecular formula is C38H30F3N3O3S. The molecule has 6 aromatic carbocycles. The van der Waals surface area contributed by atoms with E-state index in [1.165, 1.54) is 0 Å². The van der Waals surface area contributed by atoms with Crippen LogP contribution in [0, 0.1) is 0 Å². The van der Waals surface area contributed by atoms with Gasteiger partial charge in [0.25, 0.3) is 0 Å². The molecular weight excluding hydrogens is 635 g/mol. The summed E-state index contributed by atoms with van der Waals surface area (Å²) in [6, 6.07) is 63.1. The number of rotatable bonds is 6. The van der Waals surface area contributed by atoms with Crippen LogP contribution in [0.15, 0.2) is 187 Å². The Bertz CT molecular complexity index is 1880. The van der Waals surface area contributed by atoms with Crippen molar-refractivity contribution in [1.82, 2.24) is 4.48 Å². The summed E-state index contributed by atoms with van der Waals surface area (Å²) in [6.45, 7) is 0. The lowest BCUT2D eigenvalue weighted by Crippen LogP contribution is -2.52. The molecule has 0 atom stereocenters. The largest absolute Gasteiger partial charge is 0.741 e. The highest BCUT2D eigenvalue weighted by molar-refractivity contribution is 7.86. The van der Waals surface area contributed by atoms with Gasteiger partial charge in [0, 0.05) is 36.4 Å². The van der Waals surface area contributed by atoms with Crippen LogP contribution in [0.2, 0.25) is 0 Å². The molecule has 0 aliphatic rings. The predicted octanol–water partition coefficient (Wildman–Crippen LogP) is 10.2. The second kappa shape index (κ2) is 14.9. The van der Waals surface area contributed by atoms with Gasteiger partial charge in [-0.15, -0.1) is 0 Å². The fourth-order valence-electron chi connectivity index (χ4n) is 5.18. The summed E-state index contributed by atoms with van der Waals surface area (Å²) < 4.78 is 59.2. The van der Waals surface area contributed by atoms with Crippen LogP contribution in [0.3, 0.4) is 0 Å². The first-order valence-electron chi connectivity index (χ1n) is 14.7. The highest BCUT2D eigenvalue weighted by atomic mass is 32.2. The molecule has 6 aromatic rings. The Morgan fingerprint density at radius 2 is 0.792 bits per heavy atom. The third kappa shape index (κ3) is 7.53. The van der Waals surface area contributed by atoms with Gasteiger partial charge in [0.1, 0.15) is 0 Å². The standard InChI is InChI=1S/C37H30N3.CHF3O3S/c1-7-19-31(20-8-1)38-37(39(32-21-9-2-10-22-32)33-23-11-3-12-24-33)40(34-25-13-4-14-26-34,35-27-15-5-16-28-35)36-29-17-6-18-30-36;2-1(3,4)8(5,6)7/h1-30H;(H,5,6,7)/q+1;/p-1. The number of hydrogen-bond donors (Lipinski definition) is 0. The lowest BCUT2D eigenvalue weighted by Gasteiger charge is -2.41. The fourth-order valence-corrected chi connectivity index (χ4v) is 5.18. The number of quaternary nitrogens is 1. The molecule has 0 heterocycles. The summed E-state index contributed by atoms with van der Waals surface area (Å²) in [5, 5.41) is 0. The van der Waals surface area contributed by atoms with E-state index < -0.39 is 15.6 Å². The van der Waals surface area contributed by atoms with Crippen LogP contribution in [-0.2, 0) is 10.1 Å². The maximum Gasteiger partial charge on any atom is 0.485 e. The molecule has 0 aromatic heterocycles. The summed E-state index contributed by atoms with van der Waals surface area (Å²) in [5.74, 6) is 0.826. The number of guanidine groups is 1. The summed E-state index contributed by atoms with van der Waals surface area (Å²) in [7, 11) is -6.09. The van der Waals surface area contributed by atoms with Crippen molar-refractivity contribution in [1.29, 1.82) is 0 Å². The van der Waals surface area contributed by atoms with E-state index in [-0.39, 0.29) is 4.48 Å². The van der Waals surface area contributed by atoms with Gasteiger partial charge in [-0.25, -0.2) is 13.3 Å². The second-order valence-corrected chi connectivity index (χ2v) is 11.7. The zero-order chi connectivity index (χ0) is 34.0. The number of para-hydroxylation sites is 6. The summed E-state index contributed by atoms with van der Waals surface area (Å²) >= 11 is 0. The molecule has 48 heavy (non-hydrogen) atoms. The van der Waals surface area contributed by atoms with Gasteiger partial charge in [-0.1, -0.05) is 109 Å². The molecule has 10 heteroatoms. The van der Waals surface area contributed by atoms with Crippen LogP contribution < -0.4 is 9.38 Å². The minimum atomic E-state index is -6.09. The van der Waals surface area contributed by atoms with Gasteiger partial charge in [0.2, 0.25) is 0 Å². The maximum atomic E-state index is 10.7. The number of anilines is 2. The van der Waals surface area contributed by atoms with Crippen molar-refractivity contribution >= 4 is 50.2 Å². The van der Waals surface area contributed by atoms with Crippen LogP contribution >= 0.6 is 0 Å². The highest BCUT2D eigenvalue weighted by Crippen LogP contribution is 2.47. The molecule has 0 N–H and O–H groups in total. The van der Waals surface area contributed by atoms with Crippen LogP contribution in [0.25, 0.3) is 0 Å². The van der Waals surface area contributed by atoms with Crippen molar-refractivity contribution in [2.24, 2.45) is 4.99 Å². The Labute approximate surface area is 277 Å². The average molecular weight is 666 g/mol. The Hall–Kier alpha value is -5.55. The zero-order valence-electron chi connectivity index (χ0n) is 25.4. The molecule has 0 saturated heterocycles. The smallest absolute Gasteiger partial charge is 0.485 e. The van der Waals surface area contributed by atoms with E-state index in [1.807, 2.05) is 30.3 Å². The SMILES string of the molecule is O=S(=O)([O-])C(F)(F)F.c1ccc(N=C(N(c2ccccc2)c2ccccc2)[N+](c2ccccc2)(c2ccccc2)c2ccccc2)cc1. The Morgan fingerprint density at radius 3 is 1.08 bits per heavy atom. The molecule has 0 aliphatic carbocycles. The first-order valence-corrected chi connectivity index (χ1v) is 16.2. The van der Waals surface area contributed by atoms with Crippen molar-refractivity contribution in [3.05, 3.63) is 182 Å². The molecule has 0 bridgehead atoms. The molecule has 6 rings (SSSR count). The molecule has 0 saturated carbocycles. The van der Waals surface area contributed by atoms with E-state index in [0.29, 0.717) is 0 Å². The first-order chi connectivity index (χ1) is 23.1. The Balaban J connectivity index is 0.000000503. The average Bonchev–Trinajstić information content (AvgIpc) is 3.11. The van der Waals surface area contributed by atoms with Crippen LogP contribution in [0.1, 0.15) is 0 Å². The van der Waals surface area contributed by atoms with Crippen molar-refractivity contribution in [3.63, 3.8) is 0 Å². The van der Waals surface area contributed by atoms with E-state index in [9.17, 15) is 13.2 Å². The number of alkyl halides is 3. The fraction of sp³-hybridized carbons (Fsp3) is 0.0263. The summed E-state index contributed by atoms with van der Waals surface area (Å²) in [5.41, 5.74) is 0.499. The topological polar surface area (TPSA) is 72.8 Å².